The first kappa shape index (κ1) is 12.0. The van der Waals surface area contributed by atoms with E-state index in [4.69, 9.17) is 11.2 Å². The molecule has 2 N–H and O–H groups in total. The van der Waals surface area contributed by atoms with Gasteiger partial charge in [-0.15, -0.1) is 6.42 Å². The van der Waals surface area contributed by atoms with Gasteiger partial charge in [-0.3, -0.25) is 10.1 Å². The molecule has 2 atom stereocenters. The summed E-state index contributed by atoms with van der Waals surface area (Å²) in [5.41, 5.74) is -0.241. The second-order valence-electron chi connectivity index (χ2n) is 4.04. The Morgan fingerprint density at radius 2 is 2.47 bits per heavy atom. The van der Waals surface area contributed by atoms with Gasteiger partial charge in [0.2, 0.25) is 5.91 Å². The van der Waals surface area contributed by atoms with Crippen molar-refractivity contribution >= 4 is 5.91 Å². The highest BCUT2D eigenvalue weighted by atomic mass is 16.5. The van der Waals surface area contributed by atoms with Crippen LogP contribution in [0.3, 0.4) is 0 Å². The maximum Gasteiger partial charge on any atom is 0.234 e. The number of nitrogens with one attached hydrogen (secondary N) is 2. The molecule has 4 nitrogen and oxygen atoms in total. The number of terminal acetylenes is 1. The average molecular weight is 210 g/mol. The van der Waals surface area contributed by atoms with Gasteiger partial charge in [0, 0.05) is 6.61 Å². The van der Waals surface area contributed by atoms with Gasteiger partial charge in [-0.05, 0) is 20.3 Å². The summed E-state index contributed by atoms with van der Waals surface area (Å²) in [4.78, 5) is 11.5. The number of carbonyl (C=O) groups excluding carboxylic acids is 1. The molecule has 1 saturated heterocycles. The first-order valence-corrected chi connectivity index (χ1v) is 5.15. The van der Waals surface area contributed by atoms with Gasteiger partial charge in [0.1, 0.15) is 0 Å². The molecular formula is C11H18N2O2. The van der Waals surface area contributed by atoms with E-state index in [1.165, 1.54) is 0 Å². The molecule has 0 aromatic rings. The number of hydrogen-bond donors (Lipinski definition) is 2. The van der Waals surface area contributed by atoms with Gasteiger partial charge < -0.3 is 10.1 Å². The zero-order chi connectivity index (χ0) is 11.3. The standard InChI is InChI=1S/C11H18N2O2/c1-4-6-12-8-10(14)13-11(3)5-7-15-9(11)2/h1,9,12H,5-8H2,2-3H3,(H,13,14). The number of ether oxygens (including phenoxy) is 1. The fourth-order valence-electron chi connectivity index (χ4n) is 1.61. The summed E-state index contributed by atoms with van der Waals surface area (Å²) in [6.45, 7) is 5.35. The first-order valence-electron chi connectivity index (χ1n) is 5.15. The fourth-order valence-corrected chi connectivity index (χ4v) is 1.61. The monoisotopic (exact) mass is 210 g/mol. The molecule has 15 heavy (non-hydrogen) atoms. The Morgan fingerprint density at radius 3 is 3.00 bits per heavy atom. The average Bonchev–Trinajstić information content (AvgIpc) is 2.47. The lowest BCUT2D eigenvalue weighted by Gasteiger charge is -2.28. The zero-order valence-electron chi connectivity index (χ0n) is 9.30. The molecule has 1 aliphatic rings. The molecule has 0 aromatic heterocycles. The minimum Gasteiger partial charge on any atom is -0.376 e. The van der Waals surface area contributed by atoms with E-state index in [2.05, 4.69) is 16.6 Å². The van der Waals surface area contributed by atoms with Gasteiger partial charge in [0.15, 0.2) is 0 Å². The topological polar surface area (TPSA) is 50.4 Å². The summed E-state index contributed by atoms with van der Waals surface area (Å²) in [5, 5.41) is 5.82. The van der Waals surface area contributed by atoms with Crippen molar-refractivity contribution in [1.29, 1.82) is 0 Å². The Bertz CT molecular complexity index is 272. The van der Waals surface area contributed by atoms with Crippen molar-refractivity contribution in [2.45, 2.75) is 31.9 Å². The lowest BCUT2D eigenvalue weighted by molar-refractivity contribution is -0.122. The third-order valence-corrected chi connectivity index (χ3v) is 2.82. The molecule has 1 fully saturated rings. The van der Waals surface area contributed by atoms with E-state index in [0.717, 1.165) is 6.42 Å². The SMILES string of the molecule is C#CCNCC(=O)NC1(C)CCOC1C. The third kappa shape index (κ3) is 3.22. The van der Waals surface area contributed by atoms with Crippen LogP contribution in [0.5, 0.6) is 0 Å². The third-order valence-electron chi connectivity index (χ3n) is 2.82. The van der Waals surface area contributed by atoms with E-state index < -0.39 is 0 Å². The Hall–Kier alpha value is -1.05. The molecule has 2 unspecified atom stereocenters. The predicted octanol–water partition coefficient (Wildman–Crippen LogP) is -0.107. The molecule has 0 aliphatic carbocycles. The molecule has 84 valence electrons. The van der Waals surface area contributed by atoms with Crippen LogP contribution >= 0.6 is 0 Å². The van der Waals surface area contributed by atoms with Crippen LogP contribution < -0.4 is 10.6 Å². The zero-order valence-corrected chi connectivity index (χ0v) is 9.30. The summed E-state index contributed by atoms with van der Waals surface area (Å²) < 4.78 is 5.43. The summed E-state index contributed by atoms with van der Waals surface area (Å²) in [7, 11) is 0. The number of amides is 1. The van der Waals surface area contributed by atoms with Crippen LogP contribution in [-0.4, -0.2) is 37.2 Å². The Kier molecular flexibility index (Phi) is 4.13. The van der Waals surface area contributed by atoms with Crippen molar-refractivity contribution < 1.29 is 9.53 Å². The van der Waals surface area contributed by atoms with Gasteiger partial charge in [-0.1, -0.05) is 5.92 Å². The van der Waals surface area contributed by atoms with Crippen LogP contribution in [0.4, 0.5) is 0 Å². The van der Waals surface area contributed by atoms with Gasteiger partial charge in [0.05, 0.1) is 24.7 Å². The van der Waals surface area contributed by atoms with Gasteiger partial charge in [-0.2, -0.15) is 0 Å². The van der Waals surface area contributed by atoms with E-state index in [1.807, 2.05) is 13.8 Å². The van der Waals surface area contributed by atoms with Crippen molar-refractivity contribution in [3.05, 3.63) is 0 Å². The molecule has 1 aliphatic heterocycles. The van der Waals surface area contributed by atoms with Crippen LogP contribution in [0.25, 0.3) is 0 Å². The van der Waals surface area contributed by atoms with E-state index in [-0.39, 0.29) is 24.1 Å². The minimum absolute atomic E-state index is 0.0369. The molecule has 0 spiro atoms. The normalized spacial score (nSPS) is 29.8. The van der Waals surface area contributed by atoms with Crippen molar-refractivity contribution in [1.82, 2.24) is 10.6 Å². The Balaban J connectivity index is 2.34. The molecule has 1 rings (SSSR count). The van der Waals surface area contributed by atoms with Gasteiger partial charge in [0.25, 0.3) is 0 Å². The highest BCUT2D eigenvalue weighted by molar-refractivity contribution is 5.79. The van der Waals surface area contributed by atoms with E-state index in [0.29, 0.717) is 13.2 Å². The number of rotatable bonds is 4. The van der Waals surface area contributed by atoms with E-state index >= 15 is 0 Å². The van der Waals surface area contributed by atoms with E-state index in [1.54, 1.807) is 0 Å². The molecule has 1 amide bonds. The fraction of sp³-hybridized carbons (Fsp3) is 0.727. The first-order chi connectivity index (χ1) is 7.08. The smallest absolute Gasteiger partial charge is 0.234 e. The van der Waals surface area contributed by atoms with Gasteiger partial charge in [-0.25, -0.2) is 0 Å². The number of hydrogen-bond acceptors (Lipinski definition) is 3. The molecule has 4 heteroatoms. The van der Waals surface area contributed by atoms with Crippen molar-refractivity contribution in [3.63, 3.8) is 0 Å². The largest absolute Gasteiger partial charge is 0.376 e. The van der Waals surface area contributed by atoms with Crippen molar-refractivity contribution in [2.24, 2.45) is 0 Å². The van der Waals surface area contributed by atoms with Crippen molar-refractivity contribution in [2.75, 3.05) is 19.7 Å². The molecule has 0 radical (unpaired) electrons. The van der Waals surface area contributed by atoms with E-state index in [9.17, 15) is 4.79 Å². The van der Waals surface area contributed by atoms with Crippen LogP contribution in [-0.2, 0) is 9.53 Å². The predicted molar refractivity (Wildman–Crippen MR) is 58.3 cm³/mol. The quantitative estimate of drug-likeness (QED) is 0.503. The van der Waals surface area contributed by atoms with Gasteiger partial charge >= 0.3 is 0 Å². The van der Waals surface area contributed by atoms with Crippen LogP contribution in [0.2, 0.25) is 0 Å². The molecule has 0 aromatic carbocycles. The summed E-state index contributed by atoms with van der Waals surface area (Å²) in [5.74, 6) is 2.38. The highest BCUT2D eigenvalue weighted by Gasteiger charge is 2.37. The Morgan fingerprint density at radius 1 is 1.73 bits per heavy atom. The summed E-state index contributed by atoms with van der Waals surface area (Å²) in [6.07, 6.45) is 5.98. The Labute approximate surface area is 90.8 Å². The molecule has 1 heterocycles. The lowest BCUT2D eigenvalue weighted by Crippen LogP contribution is -2.52. The summed E-state index contributed by atoms with van der Waals surface area (Å²) >= 11 is 0. The summed E-state index contributed by atoms with van der Waals surface area (Å²) in [6, 6.07) is 0. The maximum absolute atomic E-state index is 11.5. The second kappa shape index (κ2) is 5.15. The number of carbonyl (C=O) groups is 1. The minimum atomic E-state index is -0.241. The lowest BCUT2D eigenvalue weighted by atomic mass is 9.95. The van der Waals surface area contributed by atoms with Crippen LogP contribution in [0.15, 0.2) is 0 Å². The molecule has 0 saturated carbocycles. The molecule has 0 bridgehead atoms. The highest BCUT2D eigenvalue weighted by Crippen LogP contribution is 2.24. The van der Waals surface area contributed by atoms with Crippen molar-refractivity contribution in [3.8, 4) is 12.3 Å². The van der Waals surface area contributed by atoms with Crippen LogP contribution in [0.1, 0.15) is 20.3 Å². The molecular weight excluding hydrogens is 192 g/mol. The van der Waals surface area contributed by atoms with Crippen LogP contribution in [0, 0.1) is 12.3 Å². The maximum atomic E-state index is 11.5. The second-order valence-corrected chi connectivity index (χ2v) is 4.04.